The number of fused-ring (bicyclic) bond motifs is 2. The van der Waals surface area contributed by atoms with E-state index in [-0.39, 0.29) is 12.4 Å². The molecule has 1 fully saturated rings. The molecule has 0 bridgehead atoms. The van der Waals surface area contributed by atoms with Crippen LogP contribution in [0.1, 0.15) is 19.3 Å². The van der Waals surface area contributed by atoms with Crippen LogP contribution in [0.5, 0.6) is 0 Å². The second-order valence-electron chi connectivity index (χ2n) is 5.37. The van der Waals surface area contributed by atoms with Crippen molar-refractivity contribution < 1.29 is 17.0 Å². The number of nitrogens with zero attached hydrogens (tertiary/aromatic N) is 1. The van der Waals surface area contributed by atoms with E-state index in [1.165, 1.54) is 29.8 Å². The number of hydrogen-bond donors (Lipinski definition) is 2. The molecule has 1 aromatic carbocycles. The lowest BCUT2D eigenvalue weighted by atomic mass is 9.92. The predicted molar refractivity (Wildman–Crippen MR) is 78.9 cm³/mol. The largest absolute Gasteiger partial charge is 1.00 e. The Kier molecular flexibility index (Phi) is 4.31. The average molecular weight is 298 g/mol. The van der Waals surface area contributed by atoms with Crippen molar-refractivity contribution in [3.63, 3.8) is 0 Å². The average Bonchev–Trinajstić information content (AvgIpc) is 2.35. The highest BCUT2D eigenvalue weighted by atomic mass is 35.5. The molecule has 0 saturated heterocycles. The summed E-state index contributed by atoms with van der Waals surface area (Å²) in [7, 11) is 4.31. The van der Waals surface area contributed by atoms with Gasteiger partial charge >= 0.3 is 0 Å². The van der Waals surface area contributed by atoms with Gasteiger partial charge < -0.3 is 23.5 Å². The van der Waals surface area contributed by atoms with Crippen LogP contribution < -0.4 is 23.5 Å². The molecule has 0 radical (unpaired) electrons. The van der Waals surface area contributed by atoms with E-state index in [0.717, 1.165) is 5.69 Å². The number of halogens is 1. The van der Waals surface area contributed by atoms with Gasteiger partial charge in [-0.2, -0.15) is 0 Å². The van der Waals surface area contributed by atoms with E-state index in [9.17, 15) is 0 Å². The van der Waals surface area contributed by atoms with E-state index < -0.39 is 0 Å². The lowest BCUT2D eigenvalue weighted by Crippen LogP contribution is -3.00. The van der Waals surface area contributed by atoms with Crippen LogP contribution in [0, 0.1) is 0 Å². The summed E-state index contributed by atoms with van der Waals surface area (Å²) < 4.78 is 2.28. The Morgan fingerprint density at radius 1 is 1.37 bits per heavy atom. The Hall–Kier alpha value is -0.870. The first kappa shape index (κ1) is 14.5. The van der Waals surface area contributed by atoms with Gasteiger partial charge in [0.1, 0.15) is 14.1 Å². The fourth-order valence-corrected chi connectivity index (χ4v) is 4.23. The molecule has 0 aromatic heterocycles. The van der Waals surface area contributed by atoms with Crippen LogP contribution in [0.25, 0.3) is 0 Å². The van der Waals surface area contributed by atoms with Gasteiger partial charge in [-0.1, -0.05) is 0 Å². The normalized spacial score (nSPS) is 24.6. The quantitative estimate of drug-likeness (QED) is 0.498. The number of nitrogen functional groups attached to an aromatic ring is 1. The van der Waals surface area contributed by atoms with E-state index in [2.05, 4.69) is 36.1 Å². The Balaban J connectivity index is 0.00000133. The highest BCUT2D eigenvalue weighted by Crippen LogP contribution is 2.43. The van der Waals surface area contributed by atoms with Crippen molar-refractivity contribution in [2.24, 2.45) is 0 Å². The molecule has 104 valence electrons. The van der Waals surface area contributed by atoms with Crippen molar-refractivity contribution in [2.75, 3.05) is 25.1 Å². The fourth-order valence-electron chi connectivity index (χ4n) is 2.80. The van der Waals surface area contributed by atoms with E-state index in [1.54, 1.807) is 5.71 Å². The zero-order valence-corrected chi connectivity index (χ0v) is 12.9. The second-order valence-corrected chi connectivity index (χ2v) is 6.65. The van der Waals surface area contributed by atoms with E-state index >= 15 is 0 Å². The minimum absolute atomic E-state index is 0. The topological polar surface area (TPSA) is 41.1 Å². The van der Waals surface area contributed by atoms with Crippen molar-refractivity contribution in [2.45, 2.75) is 35.4 Å². The Morgan fingerprint density at radius 2 is 2.16 bits per heavy atom. The van der Waals surface area contributed by atoms with Crippen LogP contribution in [-0.2, 0) is 0 Å². The molecule has 1 aromatic rings. The van der Waals surface area contributed by atoms with Crippen molar-refractivity contribution in [1.82, 2.24) is 0 Å². The number of nitrogens with one attached hydrogen (secondary N) is 1. The lowest BCUT2D eigenvalue weighted by molar-refractivity contribution is -0.467. The molecule has 2 aliphatic rings. The zero-order valence-electron chi connectivity index (χ0n) is 11.3. The maximum atomic E-state index is 5.87. The Labute approximate surface area is 125 Å². The molecule has 1 aliphatic heterocycles. The lowest BCUT2D eigenvalue weighted by Gasteiger charge is -2.37. The molecule has 3 nitrogen and oxygen atoms in total. The predicted octanol–water partition coefficient (Wildman–Crippen LogP) is -0.575. The van der Waals surface area contributed by atoms with Crippen molar-refractivity contribution in [3.05, 3.63) is 18.2 Å². The summed E-state index contributed by atoms with van der Waals surface area (Å²) >= 11 is 1.99. The van der Waals surface area contributed by atoms with Crippen LogP contribution in [0.15, 0.2) is 23.1 Å². The number of hydrogen-bond acceptors (Lipinski definition) is 3. The summed E-state index contributed by atoms with van der Waals surface area (Å²) in [4.78, 5) is 1.30. The molecule has 1 saturated carbocycles. The van der Waals surface area contributed by atoms with Gasteiger partial charge in [-0.15, -0.1) is 11.8 Å². The Morgan fingerprint density at radius 3 is 2.89 bits per heavy atom. The van der Waals surface area contributed by atoms with E-state index in [0.29, 0.717) is 11.3 Å². The SMILES string of the molecule is C[N+](C)=C1CCC2Nc3ccc(N)cc3SC2C1.[Cl-]. The number of nitrogens with two attached hydrogens (primary N) is 1. The molecule has 19 heavy (non-hydrogen) atoms. The van der Waals surface area contributed by atoms with Crippen LogP contribution >= 0.6 is 11.8 Å². The minimum Gasteiger partial charge on any atom is -1.00 e. The molecular weight excluding hydrogens is 278 g/mol. The van der Waals surface area contributed by atoms with Gasteiger partial charge in [-0.3, -0.25) is 0 Å². The van der Waals surface area contributed by atoms with Crippen LogP contribution in [0.4, 0.5) is 11.4 Å². The van der Waals surface area contributed by atoms with Gasteiger partial charge in [0.05, 0.1) is 0 Å². The van der Waals surface area contributed by atoms with Gasteiger partial charge in [0, 0.05) is 40.4 Å². The highest BCUT2D eigenvalue weighted by molar-refractivity contribution is 8.00. The number of thioether (sulfide) groups is 1. The summed E-state index contributed by atoms with van der Waals surface area (Å²) in [5.41, 5.74) is 9.55. The number of benzene rings is 1. The number of anilines is 2. The third-order valence-corrected chi connectivity index (χ3v) is 5.28. The molecule has 1 aliphatic carbocycles. The molecule has 5 heteroatoms. The molecular formula is C14H20ClN3S. The second kappa shape index (κ2) is 5.63. The molecule has 0 spiro atoms. The summed E-state index contributed by atoms with van der Waals surface area (Å²) in [5, 5.41) is 4.32. The van der Waals surface area contributed by atoms with Crippen LogP contribution in [0.3, 0.4) is 0 Å². The van der Waals surface area contributed by atoms with Crippen molar-refractivity contribution in [3.8, 4) is 0 Å². The standard InChI is InChI=1S/C14H20N3S.ClH/c1-17(2)10-4-6-12-14(8-10)18-13-7-9(15)3-5-11(13)16-12;/h3,5,7,12,14,16H,4,6,8,15H2,1-2H3;1H/q+1;/p-1. The summed E-state index contributed by atoms with van der Waals surface area (Å²) in [6.07, 6.45) is 3.63. The summed E-state index contributed by atoms with van der Waals surface area (Å²) in [5.74, 6) is 0. The maximum absolute atomic E-state index is 5.87. The Bertz CT molecular complexity index is 511. The van der Waals surface area contributed by atoms with Crippen molar-refractivity contribution in [1.29, 1.82) is 0 Å². The van der Waals surface area contributed by atoms with Gasteiger partial charge in [-0.25, -0.2) is 4.58 Å². The van der Waals surface area contributed by atoms with Gasteiger partial charge in [0.2, 0.25) is 0 Å². The first-order valence-corrected chi connectivity index (χ1v) is 7.36. The molecule has 3 N–H and O–H groups in total. The zero-order chi connectivity index (χ0) is 12.7. The monoisotopic (exact) mass is 297 g/mol. The van der Waals surface area contributed by atoms with Gasteiger partial charge in [0.15, 0.2) is 5.71 Å². The van der Waals surface area contributed by atoms with Gasteiger partial charge in [-0.05, 0) is 24.6 Å². The smallest absolute Gasteiger partial charge is 0.153 e. The summed E-state index contributed by atoms with van der Waals surface area (Å²) in [6.45, 7) is 0. The third kappa shape index (κ3) is 2.84. The first-order chi connectivity index (χ1) is 8.63. The molecule has 0 amide bonds. The molecule has 2 atom stereocenters. The van der Waals surface area contributed by atoms with E-state index in [4.69, 9.17) is 5.73 Å². The van der Waals surface area contributed by atoms with Gasteiger partial charge in [0.25, 0.3) is 0 Å². The molecule has 2 unspecified atom stereocenters. The molecule has 1 heterocycles. The van der Waals surface area contributed by atoms with Crippen LogP contribution in [-0.4, -0.2) is 35.7 Å². The summed E-state index contributed by atoms with van der Waals surface area (Å²) in [6, 6.07) is 6.79. The van der Waals surface area contributed by atoms with Crippen molar-refractivity contribution >= 4 is 28.8 Å². The fraction of sp³-hybridized carbons (Fsp3) is 0.500. The van der Waals surface area contributed by atoms with Crippen LogP contribution in [0.2, 0.25) is 0 Å². The maximum Gasteiger partial charge on any atom is 0.153 e. The number of rotatable bonds is 0. The highest BCUT2D eigenvalue weighted by Gasteiger charge is 2.35. The molecule has 3 rings (SSSR count). The van der Waals surface area contributed by atoms with E-state index in [1.807, 2.05) is 17.8 Å². The first-order valence-electron chi connectivity index (χ1n) is 6.48. The minimum atomic E-state index is 0. The third-order valence-electron chi connectivity index (χ3n) is 3.89.